The molecule has 0 spiro atoms. The van der Waals surface area contributed by atoms with Gasteiger partial charge < -0.3 is 24.8 Å². The Bertz CT molecular complexity index is 1000. The number of carbonyl (C=O) groups excluding carboxylic acids is 2. The molecule has 8 heteroatoms. The second-order valence-electron chi connectivity index (χ2n) is 7.31. The summed E-state index contributed by atoms with van der Waals surface area (Å²) in [6, 6.07) is 10.00. The quantitative estimate of drug-likeness (QED) is 0.563. The molecule has 0 aromatic heterocycles. The Balaban J connectivity index is 2.04. The Morgan fingerprint density at radius 3 is 2.53 bits per heavy atom. The van der Waals surface area contributed by atoms with Gasteiger partial charge in [0.1, 0.15) is 12.4 Å². The van der Waals surface area contributed by atoms with E-state index >= 15 is 0 Å². The SMILES string of the molecule is CCCCC1=C(C(=O)OC)C(c2cccc(OC)c2OCc2ccc(F)cc2)NC(=O)N1. The van der Waals surface area contributed by atoms with Gasteiger partial charge in [0.05, 0.1) is 25.8 Å². The van der Waals surface area contributed by atoms with Crippen LogP contribution < -0.4 is 20.1 Å². The van der Waals surface area contributed by atoms with Gasteiger partial charge >= 0.3 is 12.0 Å². The number of carbonyl (C=O) groups is 2. The van der Waals surface area contributed by atoms with Crippen LogP contribution in [0.15, 0.2) is 53.7 Å². The Kier molecular flexibility index (Phi) is 7.70. The first-order valence-electron chi connectivity index (χ1n) is 10.4. The Labute approximate surface area is 186 Å². The third kappa shape index (κ3) is 5.19. The van der Waals surface area contributed by atoms with Crippen molar-refractivity contribution in [3.8, 4) is 11.5 Å². The van der Waals surface area contributed by atoms with E-state index in [2.05, 4.69) is 10.6 Å². The van der Waals surface area contributed by atoms with Gasteiger partial charge in [0.25, 0.3) is 0 Å². The topological polar surface area (TPSA) is 85.9 Å². The molecular weight excluding hydrogens is 415 g/mol. The zero-order valence-electron chi connectivity index (χ0n) is 18.4. The van der Waals surface area contributed by atoms with Crippen molar-refractivity contribution in [3.05, 3.63) is 70.7 Å². The van der Waals surface area contributed by atoms with Gasteiger partial charge in [0.2, 0.25) is 0 Å². The lowest BCUT2D eigenvalue weighted by molar-refractivity contribution is -0.136. The Morgan fingerprint density at radius 2 is 1.88 bits per heavy atom. The summed E-state index contributed by atoms with van der Waals surface area (Å²) in [6.45, 7) is 2.18. The number of para-hydroxylation sites is 1. The summed E-state index contributed by atoms with van der Waals surface area (Å²) in [5, 5.41) is 5.56. The van der Waals surface area contributed by atoms with Crippen LogP contribution in [-0.2, 0) is 16.1 Å². The van der Waals surface area contributed by atoms with Gasteiger partial charge in [-0.15, -0.1) is 0 Å². The molecule has 0 saturated carbocycles. The predicted octanol–water partition coefficient (Wildman–Crippen LogP) is 4.38. The highest BCUT2D eigenvalue weighted by atomic mass is 19.1. The zero-order valence-corrected chi connectivity index (χ0v) is 18.4. The molecular formula is C24H27FN2O5. The largest absolute Gasteiger partial charge is 0.493 e. The number of rotatable bonds is 9. The van der Waals surface area contributed by atoms with Crippen LogP contribution in [0.5, 0.6) is 11.5 Å². The van der Waals surface area contributed by atoms with Crippen LogP contribution >= 0.6 is 0 Å². The average Bonchev–Trinajstić information content (AvgIpc) is 2.81. The normalized spacial score (nSPS) is 15.6. The molecule has 1 heterocycles. The van der Waals surface area contributed by atoms with Crippen molar-refractivity contribution in [2.75, 3.05) is 14.2 Å². The fraction of sp³-hybridized carbons (Fsp3) is 0.333. The van der Waals surface area contributed by atoms with Crippen LogP contribution in [0.1, 0.15) is 43.4 Å². The van der Waals surface area contributed by atoms with E-state index in [9.17, 15) is 14.0 Å². The van der Waals surface area contributed by atoms with E-state index in [4.69, 9.17) is 14.2 Å². The maximum atomic E-state index is 13.2. The molecule has 7 nitrogen and oxygen atoms in total. The number of ether oxygens (including phenoxy) is 3. The Hall–Kier alpha value is -3.55. The highest BCUT2D eigenvalue weighted by Gasteiger charge is 2.35. The van der Waals surface area contributed by atoms with Gasteiger partial charge in [-0.3, -0.25) is 0 Å². The third-order valence-corrected chi connectivity index (χ3v) is 5.18. The lowest BCUT2D eigenvalue weighted by Gasteiger charge is -2.30. The molecule has 170 valence electrons. The number of nitrogens with one attached hydrogen (secondary N) is 2. The van der Waals surface area contributed by atoms with Crippen LogP contribution in [0.25, 0.3) is 0 Å². The van der Waals surface area contributed by atoms with Crippen molar-refractivity contribution in [2.45, 2.75) is 38.8 Å². The van der Waals surface area contributed by atoms with Crippen molar-refractivity contribution in [2.24, 2.45) is 0 Å². The van der Waals surface area contributed by atoms with Crippen molar-refractivity contribution < 1.29 is 28.2 Å². The van der Waals surface area contributed by atoms with E-state index in [1.54, 1.807) is 30.3 Å². The molecule has 2 aromatic carbocycles. The van der Waals surface area contributed by atoms with Crippen LogP contribution in [0, 0.1) is 5.82 Å². The number of hydrogen-bond acceptors (Lipinski definition) is 5. The van der Waals surface area contributed by atoms with Gasteiger partial charge in [0, 0.05) is 11.3 Å². The summed E-state index contributed by atoms with van der Waals surface area (Å²) in [7, 11) is 2.81. The smallest absolute Gasteiger partial charge is 0.337 e. The van der Waals surface area contributed by atoms with Gasteiger partial charge in [-0.1, -0.05) is 37.6 Å². The molecule has 1 aliphatic heterocycles. The minimum atomic E-state index is -0.790. The number of amides is 2. The monoisotopic (exact) mass is 442 g/mol. The summed E-state index contributed by atoms with van der Waals surface area (Å²) in [6.07, 6.45) is 2.23. The average molecular weight is 442 g/mol. The van der Waals surface area contributed by atoms with Crippen LogP contribution in [0.2, 0.25) is 0 Å². The minimum absolute atomic E-state index is 0.145. The number of methoxy groups -OCH3 is 2. The summed E-state index contributed by atoms with van der Waals surface area (Å²) in [4.78, 5) is 25.2. The molecule has 3 rings (SSSR count). The molecule has 2 amide bonds. The van der Waals surface area contributed by atoms with E-state index in [-0.39, 0.29) is 12.4 Å². The zero-order chi connectivity index (χ0) is 23.1. The van der Waals surface area contributed by atoms with Gasteiger partial charge in [-0.2, -0.15) is 0 Å². The molecule has 1 aliphatic rings. The molecule has 0 saturated heterocycles. The van der Waals surface area contributed by atoms with E-state index < -0.39 is 18.0 Å². The van der Waals surface area contributed by atoms with E-state index in [0.29, 0.717) is 34.8 Å². The highest BCUT2D eigenvalue weighted by Crippen LogP contribution is 2.40. The maximum Gasteiger partial charge on any atom is 0.337 e. The number of hydrogen-bond donors (Lipinski definition) is 2. The first-order chi connectivity index (χ1) is 15.5. The Morgan fingerprint density at radius 1 is 1.12 bits per heavy atom. The second kappa shape index (κ2) is 10.7. The van der Waals surface area contributed by atoms with E-state index in [0.717, 1.165) is 18.4 Å². The number of unbranched alkanes of at least 4 members (excludes halogenated alkanes) is 1. The van der Waals surface area contributed by atoms with Crippen molar-refractivity contribution in [3.63, 3.8) is 0 Å². The fourth-order valence-corrected chi connectivity index (χ4v) is 3.56. The molecule has 2 aromatic rings. The minimum Gasteiger partial charge on any atom is -0.493 e. The molecule has 0 aliphatic carbocycles. The van der Waals surface area contributed by atoms with Gasteiger partial charge in [-0.25, -0.2) is 14.0 Å². The summed E-state index contributed by atoms with van der Waals surface area (Å²) in [5.41, 5.74) is 2.15. The third-order valence-electron chi connectivity index (χ3n) is 5.18. The summed E-state index contributed by atoms with van der Waals surface area (Å²) >= 11 is 0. The predicted molar refractivity (Wildman–Crippen MR) is 117 cm³/mol. The lowest BCUT2D eigenvalue weighted by atomic mass is 9.92. The number of allylic oxidation sites excluding steroid dienone is 1. The first kappa shape index (κ1) is 23.1. The van der Waals surface area contributed by atoms with Crippen LogP contribution in [-0.4, -0.2) is 26.2 Å². The van der Waals surface area contributed by atoms with Crippen LogP contribution in [0.4, 0.5) is 9.18 Å². The van der Waals surface area contributed by atoms with Crippen molar-refractivity contribution in [1.82, 2.24) is 10.6 Å². The molecule has 2 N–H and O–H groups in total. The molecule has 0 bridgehead atoms. The van der Waals surface area contributed by atoms with Gasteiger partial charge in [-0.05, 0) is 36.6 Å². The lowest BCUT2D eigenvalue weighted by Crippen LogP contribution is -2.46. The van der Waals surface area contributed by atoms with E-state index in [1.807, 2.05) is 6.92 Å². The number of halogens is 1. The first-order valence-corrected chi connectivity index (χ1v) is 10.4. The second-order valence-corrected chi connectivity index (χ2v) is 7.31. The van der Waals surface area contributed by atoms with Crippen molar-refractivity contribution >= 4 is 12.0 Å². The summed E-state index contributed by atoms with van der Waals surface area (Å²) in [5.74, 6) is -0.0583. The molecule has 1 atom stereocenters. The summed E-state index contributed by atoms with van der Waals surface area (Å²) < 4.78 is 29.8. The molecule has 1 unspecified atom stereocenters. The molecule has 0 radical (unpaired) electrons. The standard InChI is InChI=1S/C24H27FN2O5/c1-4-5-8-18-20(23(28)31-3)21(27-24(29)26-18)17-7-6-9-19(30-2)22(17)32-14-15-10-12-16(25)13-11-15/h6-7,9-13,21H,4-5,8,14H2,1-3H3,(H2,26,27,29). The molecule has 0 fully saturated rings. The van der Waals surface area contributed by atoms with Gasteiger partial charge in [0.15, 0.2) is 11.5 Å². The number of benzene rings is 2. The van der Waals surface area contributed by atoms with Crippen molar-refractivity contribution in [1.29, 1.82) is 0 Å². The van der Waals surface area contributed by atoms with E-state index in [1.165, 1.54) is 26.4 Å². The highest BCUT2D eigenvalue weighted by molar-refractivity contribution is 5.95. The maximum absolute atomic E-state index is 13.2. The van der Waals surface area contributed by atoms with Crippen LogP contribution in [0.3, 0.4) is 0 Å². The fourth-order valence-electron chi connectivity index (χ4n) is 3.56. The number of esters is 1. The number of urea groups is 1. The molecule has 32 heavy (non-hydrogen) atoms.